The minimum atomic E-state index is -0.196. The first-order valence-corrected chi connectivity index (χ1v) is 4.59. The van der Waals surface area contributed by atoms with Gasteiger partial charge in [0.2, 0.25) is 0 Å². The maximum Gasteiger partial charge on any atom is 0.126 e. The molecule has 0 radical (unpaired) electrons. The summed E-state index contributed by atoms with van der Waals surface area (Å²) in [6, 6.07) is 4.80. The number of benzene rings is 1. The van der Waals surface area contributed by atoms with Gasteiger partial charge in [-0.15, -0.1) is 0 Å². The molecule has 0 heterocycles. The Balaban J connectivity index is 2.55. The summed E-state index contributed by atoms with van der Waals surface area (Å²) in [5.41, 5.74) is 12.5. The van der Waals surface area contributed by atoms with E-state index in [-0.39, 0.29) is 11.9 Å². The Labute approximate surface area is 83.3 Å². The van der Waals surface area contributed by atoms with Crippen molar-refractivity contribution in [2.45, 2.75) is 13.0 Å². The van der Waals surface area contributed by atoms with Gasteiger partial charge >= 0.3 is 0 Å². The number of nitrogens with two attached hydrogens (primary N) is 2. The van der Waals surface area contributed by atoms with Gasteiger partial charge in [0.25, 0.3) is 0 Å². The van der Waals surface area contributed by atoms with Crippen molar-refractivity contribution in [3.05, 3.63) is 29.6 Å². The summed E-state index contributed by atoms with van der Waals surface area (Å²) in [4.78, 5) is 0. The van der Waals surface area contributed by atoms with Gasteiger partial charge in [-0.3, -0.25) is 0 Å². The Morgan fingerprint density at radius 2 is 2.21 bits per heavy atom. The van der Waals surface area contributed by atoms with Gasteiger partial charge in [0.1, 0.15) is 5.82 Å². The molecule has 5 N–H and O–H groups in total. The van der Waals surface area contributed by atoms with Crippen molar-refractivity contribution in [1.82, 2.24) is 0 Å². The molecule has 1 rings (SSSR count). The number of hydrogen-bond donors (Lipinski definition) is 3. The Morgan fingerprint density at radius 1 is 1.50 bits per heavy atom. The molecule has 1 atom stereocenters. The summed E-state index contributed by atoms with van der Waals surface area (Å²) in [7, 11) is 0. The van der Waals surface area contributed by atoms with Gasteiger partial charge in [-0.1, -0.05) is 0 Å². The molecule has 1 aromatic rings. The van der Waals surface area contributed by atoms with Crippen LogP contribution in [0.1, 0.15) is 5.56 Å². The molecule has 0 bridgehead atoms. The number of halogens is 1. The third-order valence-electron chi connectivity index (χ3n) is 2.03. The average Bonchev–Trinajstić information content (AvgIpc) is 2.19. The van der Waals surface area contributed by atoms with Crippen LogP contribution >= 0.6 is 0 Å². The lowest BCUT2D eigenvalue weighted by atomic mass is 10.2. The molecule has 0 aliphatic carbocycles. The highest BCUT2D eigenvalue weighted by Gasteiger charge is 2.01. The zero-order chi connectivity index (χ0) is 10.6. The van der Waals surface area contributed by atoms with Crippen LogP contribution in [0.3, 0.4) is 0 Å². The van der Waals surface area contributed by atoms with Gasteiger partial charge in [0.15, 0.2) is 0 Å². The molecule has 14 heavy (non-hydrogen) atoms. The number of hydrogen-bond acceptors (Lipinski definition) is 3. The van der Waals surface area contributed by atoms with Gasteiger partial charge in [-0.05, 0) is 30.7 Å². The van der Waals surface area contributed by atoms with Crippen molar-refractivity contribution >= 4 is 5.69 Å². The normalized spacial score (nSPS) is 12.6. The van der Waals surface area contributed by atoms with Gasteiger partial charge < -0.3 is 16.8 Å². The lowest BCUT2D eigenvalue weighted by Crippen LogP contribution is -2.36. The Morgan fingerprint density at radius 3 is 2.79 bits per heavy atom. The van der Waals surface area contributed by atoms with E-state index in [1.807, 2.05) is 0 Å². The molecule has 4 heteroatoms. The smallest absolute Gasteiger partial charge is 0.126 e. The zero-order valence-electron chi connectivity index (χ0n) is 8.26. The Bertz CT molecular complexity index is 301. The molecule has 0 spiro atoms. The van der Waals surface area contributed by atoms with Crippen LogP contribution in [-0.4, -0.2) is 19.1 Å². The zero-order valence-corrected chi connectivity index (χ0v) is 8.26. The SMILES string of the molecule is Cc1cc(NCC(N)CN)ccc1F. The first kappa shape index (κ1) is 10.9. The highest BCUT2D eigenvalue weighted by molar-refractivity contribution is 5.46. The van der Waals surface area contributed by atoms with Crippen LogP contribution in [0.5, 0.6) is 0 Å². The van der Waals surface area contributed by atoms with Crippen molar-refractivity contribution in [1.29, 1.82) is 0 Å². The quantitative estimate of drug-likeness (QED) is 0.670. The van der Waals surface area contributed by atoms with Crippen LogP contribution in [0.15, 0.2) is 18.2 Å². The van der Waals surface area contributed by atoms with Gasteiger partial charge in [0, 0.05) is 24.8 Å². The molecule has 3 nitrogen and oxygen atoms in total. The van der Waals surface area contributed by atoms with E-state index in [0.29, 0.717) is 18.7 Å². The van der Waals surface area contributed by atoms with E-state index in [0.717, 1.165) is 5.69 Å². The summed E-state index contributed by atoms with van der Waals surface area (Å²) in [6.07, 6.45) is 0. The van der Waals surface area contributed by atoms with Gasteiger partial charge in [0.05, 0.1) is 0 Å². The van der Waals surface area contributed by atoms with E-state index in [4.69, 9.17) is 11.5 Å². The van der Waals surface area contributed by atoms with E-state index < -0.39 is 0 Å². The second-order valence-corrected chi connectivity index (χ2v) is 3.34. The highest BCUT2D eigenvalue weighted by atomic mass is 19.1. The molecule has 78 valence electrons. The van der Waals surface area contributed by atoms with Crippen molar-refractivity contribution in [3.8, 4) is 0 Å². The predicted molar refractivity (Wildman–Crippen MR) is 56.7 cm³/mol. The molecule has 0 saturated heterocycles. The maximum atomic E-state index is 12.9. The van der Waals surface area contributed by atoms with Crippen LogP contribution in [0.25, 0.3) is 0 Å². The van der Waals surface area contributed by atoms with E-state index in [2.05, 4.69) is 5.32 Å². The van der Waals surface area contributed by atoms with Crippen molar-refractivity contribution in [2.75, 3.05) is 18.4 Å². The maximum absolute atomic E-state index is 12.9. The second-order valence-electron chi connectivity index (χ2n) is 3.34. The molecule has 0 aliphatic rings. The van der Waals surface area contributed by atoms with Gasteiger partial charge in [-0.25, -0.2) is 4.39 Å². The molecular formula is C10H16FN3. The minimum Gasteiger partial charge on any atom is -0.383 e. The molecule has 0 saturated carbocycles. The third kappa shape index (κ3) is 2.97. The van der Waals surface area contributed by atoms with Crippen LogP contribution in [0.4, 0.5) is 10.1 Å². The molecule has 0 amide bonds. The summed E-state index contributed by atoms with van der Waals surface area (Å²) in [6.45, 7) is 2.76. The van der Waals surface area contributed by atoms with E-state index in [1.165, 1.54) is 6.07 Å². The van der Waals surface area contributed by atoms with Crippen LogP contribution in [-0.2, 0) is 0 Å². The lowest BCUT2D eigenvalue weighted by Gasteiger charge is -2.11. The number of rotatable bonds is 4. The van der Waals surface area contributed by atoms with Crippen molar-refractivity contribution in [2.24, 2.45) is 11.5 Å². The largest absolute Gasteiger partial charge is 0.383 e. The van der Waals surface area contributed by atoms with E-state index >= 15 is 0 Å². The molecule has 1 aromatic carbocycles. The van der Waals surface area contributed by atoms with Crippen molar-refractivity contribution < 1.29 is 4.39 Å². The lowest BCUT2D eigenvalue weighted by molar-refractivity contribution is 0.618. The van der Waals surface area contributed by atoms with Crippen molar-refractivity contribution in [3.63, 3.8) is 0 Å². The van der Waals surface area contributed by atoms with Crippen LogP contribution < -0.4 is 16.8 Å². The summed E-state index contributed by atoms with van der Waals surface area (Å²) >= 11 is 0. The number of aryl methyl sites for hydroxylation is 1. The fraction of sp³-hybridized carbons (Fsp3) is 0.400. The molecule has 1 unspecified atom stereocenters. The molecule has 0 aromatic heterocycles. The number of nitrogens with one attached hydrogen (secondary N) is 1. The molecule has 0 aliphatic heterocycles. The Hall–Kier alpha value is -1.13. The highest BCUT2D eigenvalue weighted by Crippen LogP contribution is 2.13. The summed E-state index contributed by atoms with van der Waals surface area (Å²) in [5.74, 6) is -0.196. The standard InChI is InChI=1S/C10H16FN3/c1-7-4-9(2-3-10(7)11)14-6-8(13)5-12/h2-4,8,14H,5-6,12-13H2,1H3. The minimum absolute atomic E-state index is 0.0691. The van der Waals surface area contributed by atoms with Gasteiger partial charge in [-0.2, -0.15) is 0 Å². The fourth-order valence-corrected chi connectivity index (χ4v) is 1.09. The molecular weight excluding hydrogens is 181 g/mol. The monoisotopic (exact) mass is 197 g/mol. The topological polar surface area (TPSA) is 64.1 Å². The van der Waals surface area contributed by atoms with Crippen LogP contribution in [0.2, 0.25) is 0 Å². The second kappa shape index (κ2) is 4.93. The summed E-state index contributed by atoms with van der Waals surface area (Å²) in [5, 5.41) is 3.09. The van der Waals surface area contributed by atoms with E-state index in [9.17, 15) is 4.39 Å². The van der Waals surface area contributed by atoms with Crippen LogP contribution in [0, 0.1) is 12.7 Å². The molecule has 0 fully saturated rings. The predicted octanol–water partition coefficient (Wildman–Crippen LogP) is 0.832. The third-order valence-corrected chi connectivity index (χ3v) is 2.03. The Kier molecular flexibility index (Phi) is 3.85. The average molecular weight is 197 g/mol. The first-order chi connectivity index (χ1) is 6.63. The van der Waals surface area contributed by atoms with E-state index in [1.54, 1.807) is 19.1 Å². The summed E-state index contributed by atoms with van der Waals surface area (Å²) < 4.78 is 12.9. The number of anilines is 1. The first-order valence-electron chi connectivity index (χ1n) is 4.59. The fourth-order valence-electron chi connectivity index (χ4n) is 1.09.